The van der Waals surface area contributed by atoms with Crippen molar-refractivity contribution in [3.05, 3.63) is 57.8 Å². The third-order valence-corrected chi connectivity index (χ3v) is 4.39. The Morgan fingerprint density at radius 1 is 1.30 bits per heavy atom. The molecule has 2 rings (SSSR count). The molecule has 1 heterocycles. The van der Waals surface area contributed by atoms with Gasteiger partial charge in [0.1, 0.15) is 0 Å². The summed E-state index contributed by atoms with van der Waals surface area (Å²) in [6, 6.07) is 11.8. The molecule has 2 aromatic rings. The molecule has 1 aromatic carbocycles. The van der Waals surface area contributed by atoms with Crippen molar-refractivity contribution in [2.45, 2.75) is 25.9 Å². The Morgan fingerprint density at radius 2 is 2.00 bits per heavy atom. The van der Waals surface area contributed by atoms with Crippen LogP contribution in [0, 0.1) is 0 Å². The zero-order valence-corrected chi connectivity index (χ0v) is 12.7. The molecule has 0 saturated heterocycles. The lowest BCUT2D eigenvalue weighted by atomic mass is 10.1. The van der Waals surface area contributed by atoms with Crippen LogP contribution in [-0.4, -0.2) is 23.9 Å². The number of carbonyl (C=O) groups is 1. The van der Waals surface area contributed by atoms with E-state index in [4.69, 9.17) is 5.73 Å². The van der Waals surface area contributed by atoms with Crippen LogP contribution < -0.4 is 5.73 Å². The van der Waals surface area contributed by atoms with Crippen LogP contribution >= 0.6 is 11.3 Å². The first kappa shape index (κ1) is 14.8. The number of likely N-dealkylation sites (N-methyl/N-ethyl adjacent to an activating group) is 1. The quantitative estimate of drug-likeness (QED) is 0.919. The second kappa shape index (κ2) is 6.68. The maximum atomic E-state index is 12.4. The highest BCUT2D eigenvalue weighted by molar-refractivity contribution is 7.09. The van der Waals surface area contributed by atoms with E-state index in [2.05, 4.69) is 18.4 Å². The summed E-state index contributed by atoms with van der Waals surface area (Å²) >= 11 is 1.73. The molecular formula is C16H20N2OS. The lowest BCUT2D eigenvalue weighted by Crippen LogP contribution is -2.36. The van der Waals surface area contributed by atoms with Crippen molar-refractivity contribution in [2.75, 3.05) is 7.05 Å². The first-order valence-corrected chi connectivity index (χ1v) is 7.58. The molecule has 1 atom stereocenters. The molecule has 0 aliphatic heterocycles. The molecular weight excluding hydrogens is 268 g/mol. The van der Waals surface area contributed by atoms with Gasteiger partial charge in [-0.2, -0.15) is 0 Å². The first-order chi connectivity index (χ1) is 9.61. The van der Waals surface area contributed by atoms with Crippen LogP contribution in [0.15, 0.2) is 41.8 Å². The number of thiophene rings is 1. The highest BCUT2D eigenvalue weighted by atomic mass is 32.1. The van der Waals surface area contributed by atoms with Crippen LogP contribution in [0.25, 0.3) is 0 Å². The molecule has 4 heteroatoms. The van der Waals surface area contributed by atoms with E-state index >= 15 is 0 Å². The highest BCUT2D eigenvalue weighted by Gasteiger charge is 2.18. The first-order valence-electron chi connectivity index (χ1n) is 6.70. The van der Waals surface area contributed by atoms with Crippen molar-refractivity contribution < 1.29 is 4.79 Å². The maximum absolute atomic E-state index is 12.4. The van der Waals surface area contributed by atoms with E-state index in [0.29, 0.717) is 12.1 Å². The Labute approximate surface area is 124 Å². The van der Waals surface area contributed by atoms with Crippen LogP contribution in [0.2, 0.25) is 0 Å². The van der Waals surface area contributed by atoms with E-state index in [1.165, 1.54) is 4.88 Å². The Bertz CT molecular complexity index is 548. The number of nitrogens with two attached hydrogens (primary N) is 1. The monoisotopic (exact) mass is 288 g/mol. The van der Waals surface area contributed by atoms with Gasteiger partial charge in [0.2, 0.25) is 0 Å². The number of rotatable bonds is 5. The van der Waals surface area contributed by atoms with E-state index in [1.807, 2.05) is 37.4 Å². The van der Waals surface area contributed by atoms with Crippen molar-refractivity contribution in [3.8, 4) is 0 Å². The van der Waals surface area contributed by atoms with Gasteiger partial charge in [0.05, 0.1) is 0 Å². The summed E-state index contributed by atoms with van der Waals surface area (Å²) < 4.78 is 0. The number of amides is 1. The minimum absolute atomic E-state index is 0.0534. The molecule has 0 saturated carbocycles. The standard InChI is InChI=1S/C16H20N2OS/c1-12(10-15-4-3-9-20-15)18(2)16(19)14-7-5-13(11-17)6-8-14/h3-9,12H,10-11,17H2,1-2H3. The molecule has 0 fully saturated rings. The lowest BCUT2D eigenvalue weighted by molar-refractivity contribution is 0.0744. The molecule has 1 amide bonds. The molecule has 1 unspecified atom stereocenters. The van der Waals surface area contributed by atoms with Crippen molar-refractivity contribution in [3.63, 3.8) is 0 Å². The van der Waals surface area contributed by atoms with Gasteiger partial charge >= 0.3 is 0 Å². The molecule has 0 bridgehead atoms. The smallest absolute Gasteiger partial charge is 0.253 e. The van der Waals surface area contributed by atoms with E-state index in [-0.39, 0.29) is 11.9 Å². The second-order valence-corrected chi connectivity index (χ2v) is 5.98. The third-order valence-electron chi connectivity index (χ3n) is 3.49. The minimum Gasteiger partial charge on any atom is -0.339 e. The molecule has 0 aliphatic rings. The zero-order valence-electron chi connectivity index (χ0n) is 11.9. The minimum atomic E-state index is 0.0534. The van der Waals surface area contributed by atoms with E-state index in [0.717, 1.165) is 12.0 Å². The topological polar surface area (TPSA) is 46.3 Å². The molecule has 0 radical (unpaired) electrons. The van der Waals surface area contributed by atoms with Gasteiger partial charge in [0.25, 0.3) is 5.91 Å². The van der Waals surface area contributed by atoms with Crippen molar-refractivity contribution >= 4 is 17.2 Å². The highest BCUT2D eigenvalue weighted by Crippen LogP contribution is 2.15. The predicted octanol–water partition coefficient (Wildman–Crippen LogP) is 2.91. The largest absolute Gasteiger partial charge is 0.339 e. The summed E-state index contributed by atoms with van der Waals surface area (Å²) in [5.74, 6) is 0.0534. The van der Waals surface area contributed by atoms with Crippen LogP contribution in [0.3, 0.4) is 0 Å². The van der Waals surface area contributed by atoms with Gasteiger partial charge in [-0.25, -0.2) is 0 Å². The number of hydrogen-bond donors (Lipinski definition) is 1. The Balaban J connectivity index is 2.03. The van der Waals surface area contributed by atoms with Crippen molar-refractivity contribution in [1.29, 1.82) is 0 Å². The maximum Gasteiger partial charge on any atom is 0.253 e. The Hall–Kier alpha value is -1.65. The van der Waals surface area contributed by atoms with Crippen LogP contribution in [0.5, 0.6) is 0 Å². The van der Waals surface area contributed by atoms with Gasteiger partial charge < -0.3 is 10.6 Å². The summed E-state index contributed by atoms with van der Waals surface area (Å²) in [5, 5.41) is 2.06. The normalized spacial score (nSPS) is 12.2. The summed E-state index contributed by atoms with van der Waals surface area (Å²) in [4.78, 5) is 15.5. The SMILES string of the molecule is CC(Cc1cccs1)N(C)C(=O)c1ccc(CN)cc1. The van der Waals surface area contributed by atoms with Crippen LogP contribution in [0.1, 0.15) is 27.7 Å². The molecule has 0 aliphatic carbocycles. The molecule has 3 nitrogen and oxygen atoms in total. The lowest BCUT2D eigenvalue weighted by Gasteiger charge is -2.24. The summed E-state index contributed by atoms with van der Waals surface area (Å²) in [7, 11) is 1.86. The van der Waals surface area contributed by atoms with Gasteiger partial charge in [-0.05, 0) is 36.1 Å². The molecule has 2 N–H and O–H groups in total. The van der Waals surface area contributed by atoms with Gasteiger partial charge in [0, 0.05) is 36.5 Å². The van der Waals surface area contributed by atoms with Gasteiger partial charge in [-0.1, -0.05) is 18.2 Å². The van der Waals surface area contributed by atoms with E-state index < -0.39 is 0 Å². The average molecular weight is 288 g/mol. The third kappa shape index (κ3) is 3.46. The summed E-state index contributed by atoms with van der Waals surface area (Å²) in [5.41, 5.74) is 7.31. The fraction of sp³-hybridized carbons (Fsp3) is 0.312. The zero-order chi connectivity index (χ0) is 14.5. The average Bonchev–Trinajstić information content (AvgIpc) is 2.98. The van der Waals surface area contributed by atoms with Gasteiger partial charge in [-0.15, -0.1) is 11.3 Å². The molecule has 0 spiro atoms. The number of nitrogens with zero attached hydrogens (tertiary/aromatic N) is 1. The summed E-state index contributed by atoms with van der Waals surface area (Å²) in [6.07, 6.45) is 0.890. The molecule has 20 heavy (non-hydrogen) atoms. The van der Waals surface area contributed by atoms with E-state index in [1.54, 1.807) is 16.2 Å². The Morgan fingerprint density at radius 3 is 2.55 bits per heavy atom. The Kier molecular flexibility index (Phi) is 4.93. The van der Waals surface area contributed by atoms with E-state index in [9.17, 15) is 4.79 Å². The molecule has 1 aromatic heterocycles. The van der Waals surface area contributed by atoms with Crippen LogP contribution in [-0.2, 0) is 13.0 Å². The number of hydrogen-bond acceptors (Lipinski definition) is 3. The summed E-state index contributed by atoms with van der Waals surface area (Å²) in [6.45, 7) is 2.57. The van der Waals surface area contributed by atoms with Crippen molar-refractivity contribution in [2.24, 2.45) is 5.73 Å². The fourth-order valence-corrected chi connectivity index (χ4v) is 2.87. The fourth-order valence-electron chi connectivity index (χ4n) is 2.04. The number of benzene rings is 1. The van der Waals surface area contributed by atoms with Gasteiger partial charge in [-0.3, -0.25) is 4.79 Å². The van der Waals surface area contributed by atoms with Gasteiger partial charge in [0.15, 0.2) is 0 Å². The van der Waals surface area contributed by atoms with Crippen molar-refractivity contribution in [1.82, 2.24) is 4.90 Å². The van der Waals surface area contributed by atoms with Crippen LogP contribution in [0.4, 0.5) is 0 Å². The predicted molar refractivity (Wildman–Crippen MR) is 83.9 cm³/mol. The molecule has 106 valence electrons. The number of carbonyl (C=O) groups excluding carboxylic acids is 1. The second-order valence-electron chi connectivity index (χ2n) is 4.95.